The maximum absolute atomic E-state index is 13.8. The third-order valence-corrected chi connectivity index (χ3v) is 8.64. The van der Waals surface area contributed by atoms with Crippen LogP contribution in [0.25, 0.3) is 10.8 Å². The molecule has 11 heteroatoms. The number of carbonyl (C=O) groups is 3. The number of nitrogens with two attached hydrogens (primary N) is 2. The average Bonchev–Trinajstić information content (AvgIpc) is 3.08. The molecule has 0 saturated carbocycles. The number of aryl methyl sites for hydroxylation is 1. The first-order chi connectivity index (χ1) is 23.2. The van der Waals surface area contributed by atoms with E-state index in [4.69, 9.17) is 23.1 Å². The Labute approximate surface area is 286 Å². The quantitative estimate of drug-likeness (QED) is 0.0570. The van der Waals surface area contributed by atoms with E-state index in [0.29, 0.717) is 59.6 Å². The van der Waals surface area contributed by atoms with Crippen molar-refractivity contribution in [1.29, 1.82) is 0 Å². The number of nitrogens with one attached hydrogen (secondary N) is 2. The number of amides is 3. The third-order valence-electron chi connectivity index (χ3n) is 8.39. The van der Waals surface area contributed by atoms with Crippen molar-refractivity contribution >= 4 is 57.4 Å². The summed E-state index contributed by atoms with van der Waals surface area (Å²) in [6.07, 6.45) is 3.27. The first-order valence-electron chi connectivity index (χ1n) is 16.2. The molecule has 1 aliphatic heterocycles. The monoisotopic (exact) mass is 667 g/mol. The van der Waals surface area contributed by atoms with Gasteiger partial charge in [0.15, 0.2) is 5.96 Å². The second-order valence-electron chi connectivity index (χ2n) is 12.0. The minimum Gasteiger partial charge on any atom is -0.384 e. The van der Waals surface area contributed by atoms with E-state index in [1.807, 2.05) is 60.7 Å². The van der Waals surface area contributed by atoms with Gasteiger partial charge in [0.1, 0.15) is 0 Å². The van der Waals surface area contributed by atoms with Crippen LogP contribution in [-0.2, 0) is 17.6 Å². The Balaban J connectivity index is 1.19. The fourth-order valence-electron chi connectivity index (χ4n) is 5.91. The molecule has 10 nitrogen and oxygen atoms in total. The van der Waals surface area contributed by atoms with Gasteiger partial charge in [-0.05, 0) is 99.4 Å². The number of benzene rings is 4. The fourth-order valence-corrected chi connectivity index (χ4v) is 6.04. The van der Waals surface area contributed by atoms with Gasteiger partial charge in [0.05, 0.1) is 5.69 Å². The van der Waals surface area contributed by atoms with Crippen LogP contribution in [0.4, 0.5) is 11.4 Å². The first kappa shape index (κ1) is 34.4. The fraction of sp³-hybridized carbons (Fsp3) is 0.297. The lowest BCUT2D eigenvalue weighted by Gasteiger charge is -2.28. The normalized spacial score (nSPS) is 12.4. The van der Waals surface area contributed by atoms with E-state index in [1.165, 1.54) is 4.90 Å². The zero-order valence-electron chi connectivity index (χ0n) is 27.2. The highest BCUT2D eigenvalue weighted by Crippen LogP contribution is 2.36. The van der Waals surface area contributed by atoms with Crippen LogP contribution in [0.15, 0.2) is 83.9 Å². The van der Waals surface area contributed by atoms with Crippen LogP contribution >= 0.6 is 11.6 Å². The maximum atomic E-state index is 13.8. The lowest BCUT2D eigenvalue weighted by atomic mass is 9.92. The van der Waals surface area contributed by atoms with E-state index < -0.39 is 0 Å². The molecular weight excluding hydrogens is 626 g/mol. The Hall–Kier alpha value is -4.93. The van der Waals surface area contributed by atoms with Crippen molar-refractivity contribution in [3.63, 3.8) is 0 Å². The summed E-state index contributed by atoms with van der Waals surface area (Å²) in [5.41, 5.74) is 15.1. The highest BCUT2D eigenvalue weighted by molar-refractivity contribution is 6.36. The van der Waals surface area contributed by atoms with E-state index in [1.54, 1.807) is 18.2 Å². The molecule has 0 spiro atoms. The van der Waals surface area contributed by atoms with Gasteiger partial charge >= 0.3 is 0 Å². The van der Waals surface area contributed by atoms with Crippen LogP contribution in [0.3, 0.4) is 0 Å². The zero-order valence-corrected chi connectivity index (χ0v) is 27.9. The van der Waals surface area contributed by atoms with Gasteiger partial charge in [0, 0.05) is 58.7 Å². The highest BCUT2D eigenvalue weighted by atomic mass is 35.5. The summed E-state index contributed by atoms with van der Waals surface area (Å²) in [7, 11) is 2.07. The minimum absolute atomic E-state index is 0.0592. The standard InChI is InChI=1S/C37H42ClN7O3/c1-44(23-5-20-43-37(39)40)22-4-19-41-32-16-15-31-34-29(32)8-3-9-30(34)35(47)45(36(31)48)28-7-2-6-26(24-28)12-17-33(46)42-21-18-25-10-13-27(38)14-11-25/h2-3,6-11,13-16,24,41H,4-5,12,17-23H2,1H3,(H,42,46)(H4,39,40,43). The number of rotatable bonds is 16. The molecule has 48 heavy (non-hydrogen) atoms. The zero-order chi connectivity index (χ0) is 34.0. The summed E-state index contributed by atoms with van der Waals surface area (Å²) < 4.78 is 0. The third kappa shape index (κ3) is 8.70. The van der Waals surface area contributed by atoms with Crippen molar-refractivity contribution in [2.24, 2.45) is 16.5 Å². The summed E-state index contributed by atoms with van der Waals surface area (Å²) >= 11 is 5.94. The summed E-state index contributed by atoms with van der Waals surface area (Å²) in [5, 5.41) is 8.64. The Kier molecular flexibility index (Phi) is 11.7. The van der Waals surface area contributed by atoms with Crippen LogP contribution in [0, 0.1) is 0 Å². The molecule has 5 rings (SSSR count). The van der Waals surface area contributed by atoms with Crippen molar-refractivity contribution in [2.75, 3.05) is 50.0 Å². The Morgan fingerprint density at radius 3 is 2.35 bits per heavy atom. The van der Waals surface area contributed by atoms with Crippen molar-refractivity contribution in [1.82, 2.24) is 10.2 Å². The van der Waals surface area contributed by atoms with Gasteiger partial charge in [-0.15, -0.1) is 0 Å². The van der Waals surface area contributed by atoms with Gasteiger partial charge in [-0.3, -0.25) is 19.4 Å². The lowest BCUT2D eigenvalue weighted by molar-refractivity contribution is -0.121. The molecule has 0 fully saturated rings. The van der Waals surface area contributed by atoms with E-state index in [2.05, 4.69) is 27.6 Å². The number of halogens is 1. The van der Waals surface area contributed by atoms with Gasteiger partial charge in [-0.1, -0.05) is 48.0 Å². The van der Waals surface area contributed by atoms with Crippen LogP contribution in [-0.4, -0.2) is 68.4 Å². The smallest absolute Gasteiger partial charge is 0.265 e. The molecule has 3 amide bonds. The van der Waals surface area contributed by atoms with Crippen LogP contribution in [0.2, 0.25) is 5.02 Å². The van der Waals surface area contributed by atoms with Gasteiger partial charge in [-0.2, -0.15) is 0 Å². The van der Waals surface area contributed by atoms with E-state index >= 15 is 0 Å². The van der Waals surface area contributed by atoms with Gasteiger partial charge < -0.3 is 27.0 Å². The molecule has 0 bridgehead atoms. The van der Waals surface area contributed by atoms with Crippen molar-refractivity contribution in [3.05, 3.63) is 106 Å². The molecule has 0 unspecified atom stereocenters. The molecule has 0 atom stereocenters. The largest absolute Gasteiger partial charge is 0.384 e. The number of hydrogen-bond acceptors (Lipinski definition) is 6. The maximum Gasteiger partial charge on any atom is 0.265 e. The highest BCUT2D eigenvalue weighted by Gasteiger charge is 2.34. The average molecular weight is 668 g/mol. The molecule has 0 saturated heterocycles. The summed E-state index contributed by atoms with van der Waals surface area (Å²) in [6.45, 7) is 3.66. The number of guanidine groups is 1. The molecular formula is C37H42ClN7O3. The number of hydrogen-bond donors (Lipinski definition) is 4. The van der Waals surface area contributed by atoms with Crippen LogP contribution in [0.1, 0.15) is 51.1 Å². The number of aliphatic imine (C=N–C) groups is 1. The summed E-state index contributed by atoms with van der Waals surface area (Å²) in [5.74, 6) is -0.676. The van der Waals surface area contributed by atoms with Gasteiger partial charge in [0.2, 0.25) is 5.91 Å². The van der Waals surface area contributed by atoms with E-state index in [0.717, 1.165) is 54.7 Å². The molecule has 0 aliphatic carbocycles. The molecule has 1 aliphatic rings. The van der Waals surface area contributed by atoms with Crippen molar-refractivity contribution in [2.45, 2.75) is 32.1 Å². The first-order valence-corrected chi connectivity index (χ1v) is 16.6. The van der Waals surface area contributed by atoms with E-state index in [9.17, 15) is 14.4 Å². The SMILES string of the molecule is CN(CCCN=C(N)N)CCCNc1ccc2c3c(cccc13)C(=O)N(c1cccc(CCC(=O)NCCc3ccc(Cl)cc3)c1)C2=O. The second kappa shape index (κ2) is 16.3. The molecule has 6 N–H and O–H groups in total. The molecule has 250 valence electrons. The molecule has 1 heterocycles. The van der Waals surface area contributed by atoms with Crippen LogP contribution < -0.4 is 27.0 Å². The topological polar surface area (TPSA) is 146 Å². The van der Waals surface area contributed by atoms with Crippen LogP contribution in [0.5, 0.6) is 0 Å². The number of carbonyl (C=O) groups excluding carboxylic acids is 3. The predicted molar refractivity (Wildman–Crippen MR) is 194 cm³/mol. The van der Waals surface area contributed by atoms with Gasteiger partial charge in [-0.25, -0.2) is 4.90 Å². The minimum atomic E-state index is -0.366. The number of imide groups is 1. The molecule has 0 radical (unpaired) electrons. The Morgan fingerprint density at radius 2 is 1.58 bits per heavy atom. The lowest BCUT2D eigenvalue weighted by Crippen LogP contribution is -2.40. The molecule has 4 aromatic rings. The van der Waals surface area contributed by atoms with Crippen molar-refractivity contribution < 1.29 is 14.4 Å². The molecule has 0 aromatic heterocycles. The Morgan fingerprint density at radius 1 is 0.854 bits per heavy atom. The number of nitrogens with zero attached hydrogens (tertiary/aromatic N) is 3. The Bertz CT molecular complexity index is 1780. The molecule has 4 aromatic carbocycles. The second-order valence-corrected chi connectivity index (χ2v) is 12.4. The van der Waals surface area contributed by atoms with E-state index in [-0.39, 0.29) is 23.7 Å². The summed E-state index contributed by atoms with van der Waals surface area (Å²) in [6, 6.07) is 24.1. The predicted octanol–water partition coefficient (Wildman–Crippen LogP) is 4.98. The summed E-state index contributed by atoms with van der Waals surface area (Å²) in [4.78, 5) is 47.7. The van der Waals surface area contributed by atoms with Gasteiger partial charge in [0.25, 0.3) is 11.8 Å². The number of anilines is 2. The van der Waals surface area contributed by atoms with Crippen molar-refractivity contribution in [3.8, 4) is 0 Å².